The van der Waals surface area contributed by atoms with E-state index in [1.165, 1.54) is 0 Å². The second kappa shape index (κ2) is 6.95. The first-order valence-corrected chi connectivity index (χ1v) is 7.43. The van der Waals surface area contributed by atoms with Crippen LogP contribution in [0.3, 0.4) is 0 Å². The van der Waals surface area contributed by atoms with Crippen LogP contribution < -0.4 is 21.5 Å². The average molecular weight is 311 g/mol. The van der Waals surface area contributed by atoms with Gasteiger partial charge in [-0.1, -0.05) is 0 Å². The maximum absolute atomic E-state index is 11.7. The van der Waals surface area contributed by atoms with Crippen LogP contribution in [0.25, 0.3) is 0 Å². The monoisotopic (exact) mass is 311 g/mol. The first kappa shape index (κ1) is 15.1. The number of aromatic amines is 1. The molecule has 0 bridgehead atoms. The van der Waals surface area contributed by atoms with Gasteiger partial charge in [0.1, 0.15) is 12.4 Å². The molecule has 1 aromatic rings. The largest absolute Gasteiger partial charge is 0.369 e. The molecule has 0 spiro atoms. The second-order valence-electron chi connectivity index (χ2n) is 5.23. The van der Waals surface area contributed by atoms with Crippen molar-refractivity contribution in [1.29, 1.82) is 0 Å². The van der Waals surface area contributed by atoms with Crippen LogP contribution in [0.5, 0.6) is 0 Å². The quantitative estimate of drug-likeness (QED) is 0.632. The number of hydrogen-bond acceptors (Lipinski definition) is 8. The molecule has 2 aliphatic rings. The maximum Gasteiger partial charge on any atom is 0.277 e. The van der Waals surface area contributed by atoms with Crippen LogP contribution in [0.1, 0.15) is 19.3 Å². The van der Waals surface area contributed by atoms with Gasteiger partial charge in [0, 0.05) is 6.61 Å². The minimum Gasteiger partial charge on any atom is -0.369 e. The Bertz CT molecular complexity index is 558. The molecule has 0 aliphatic carbocycles. The van der Waals surface area contributed by atoms with E-state index in [1.807, 2.05) is 0 Å². The van der Waals surface area contributed by atoms with Crippen molar-refractivity contribution in [2.75, 3.05) is 49.2 Å². The smallest absolute Gasteiger partial charge is 0.277 e. The van der Waals surface area contributed by atoms with E-state index in [-0.39, 0.29) is 17.8 Å². The Kier molecular flexibility index (Phi) is 4.76. The van der Waals surface area contributed by atoms with Gasteiger partial charge in [0.15, 0.2) is 12.1 Å². The third-order valence-corrected chi connectivity index (χ3v) is 3.58. The van der Waals surface area contributed by atoms with Crippen LogP contribution in [0.2, 0.25) is 0 Å². The molecular formula is C13H21N5O4. The summed E-state index contributed by atoms with van der Waals surface area (Å²) in [7, 11) is 0. The number of nitrogen functional groups attached to an aromatic ring is 1. The summed E-state index contributed by atoms with van der Waals surface area (Å²) in [5, 5.41) is 2.97. The Morgan fingerprint density at radius 3 is 3.14 bits per heavy atom. The molecule has 4 N–H and O–H groups in total. The van der Waals surface area contributed by atoms with E-state index in [9.17, 15) is 4.79 Å². The van der Waals surface area contributed by atoms with E-state index in [1.54, 1.807) is 4.90 Å². The lowest BCUT2D eigenvalue weighted by Crippen LogP contribution is -2.28. The Labute approximate surface area is 127 Å². The van der Waals surface area contributed by atoms with E-state index in [0.717, 1.165) is 25.9 Å². The molecule has 1 unspecified atom stereocenters. The molecule has 1 aromatic heterocycles. The molecule has 9 nitrogen and oxygen atoms in total. The van der Waals surface area contributed by atoms with E-state index in [4.69, 9.17) is 19.9 Å². The first-order chi connectivity index (χ1) is 10.7. The second-order valence-corrected chi connectivity index (χ2v) is 5.23. The van der Waals surface area contributed by atoms with Crippen molar-refractivity contribution in [2.24, 2.45) is 0 Å². The number of anilines is 3. The van der Waals surface area contributed by atoms with Crippen molar-refractivity contribution >= 4 is 17.5 Å². The zero-order valence-corrected chi connectivity index (χ0v) is 12.3. The number of aromatic nitrogens is 2. The van der Waals surface area contributed by atoms with E-state index in [0.29, 0.717) is 38.1 Å². The predicted molar refractivity (Wildman–Crippen MR) is 80.6 cm³/mol. The highest BCUT2D eigenvalue weighted by Gasteiger charge is 2.23. The maximum atomic E-state index is 11.7. The summed E-state index contributed by atoms with van der Waals surface area (Å²) >= 11 is 0. The molecule has 22 heavy (non-hydrogen) atoms. The van der Waals surface area contributed by atoms with Crippen LogP contribution in [-0.4, -0.2) is 49.5 Å². The highest BCUT2D eigenvalue weighted by atomic mass is 16.7. The molecule has 0 saturated carbocycles. The van der Waals surface area contributed by atoms with Gasteiger partial charge in [-0.15, -0.1) is 0 Å². The van der Waals surface area contributed by atoms with Gasteiger partial charge in [0.05, 0.1) is 19.9 Å². The molecule has 1 saturated heterocycles. The van der Waals surface area contributed by atoms with Crippen LogP contribution in [0.4, 0.5) is 17.5 Å². The van der Waals surface area contributed by atoms with Gasteiger partial charge in [0.25, 0.3) is 5.56 Å². The minimum absolute atomic E-state index is 0.0928. The molecule has 3 heterocycles. The molecule has 0 aromatic carbocycles. The molecule has 1 fully saturated rings. The van der Waals surface area contributed by atoms with E-state index >= 15 is 0 Å². The molecule has 0 amide bonds. The molecule has 9 heteroatoms. The number of fused-ring (bicyclic) bond motifs is 1. The number of ether oxygens (including phenoxy) is 3. The molecular weight excluding hydrogens is 290 g/mol. The lowest BCUT2D eigenvalue weighted by molar-refractivity contribution is -0.168. The zero-order chi connectivity index (χ0) is 15.4. The summed E-state index contributed by atoms with van der Waals surface area (Å²) in [5.74, 6) is 0.605. The zero-order valence-electron chi connectivity index (χ0n) is 12.3. The van der Waals surface area contributed by atoms with Crippen molar-refractivity contribution in [3.8, 4) is 0 Å². The van der Waals surface area contributed by atoms with Gasteiger partial charge in [-0.25, -0.2) is 0 Å². The number of rotatable bonds is 6. The number of nitrogens with one attached hydrogen (secondary N) is 2. The van der Waals surface area contributed by atoms with Gasteiger partial charge in [-0.2, -0.15) is 4.98 Å². The van der Waals surface area contributed by atoms with Gasteiger partial charge in [-0.05, 0) is 19.3 Å². The summed E-state index contributed by atoms with van der Waals surface area (Å²) in [6, 6.07) is 0. The van der Waals surface area contributed by atoms with Crippen molar-refractivity contribution < 1.29 is 14.2 Å². The number of nitrogens with two attached hydrogens (primary N) is 1. The van der Waals surface area contributed by atoms with Crippen LogP contribution >= 0.6 is 0 Å². The fraction of sp³-hybridized carbons (Fsp3) is 0.692. The van der Waals surface area contributed by atoms with Crippen molar-refractivity contribution in [1.82, 2.24) is 9.97 Å². The molecule has 122 valence electrons. The summed E-state index contributed by atoms with van der Waals surface area (Å²) in [5.41, 5.74) is 5.70. The van der Waals surface area contributed by atoms with Crippen LogP contribution in [0.15, 0.2) is 4.79 Å². The Hall–Kier alpha value is -1.84. The lowest BCUT2D eigenvalue weighted by Gasteiger charge is -2.23. The average Bonchev–Trinajstić information content (AvgIpc) is 2.91. The van der Waals surface area contributed by atoms with Gasteiger partial charge in [-0.3, -0.25) is 9.78 Å². The van der Waals surface area contributed by atoms with Crippen LogP contribution in [0, 0.1) is 0 Å². The standard InChI is InChI=1S/C13H21N5O4/c14-13-16-11-10(12(19)17-13)15-7-18(11)8-20-5-6-22-9-3-1-2-4-21-9/h9,15H,1-8H2,(H3,14,16,17,19). The number of hydrogen-bond donors (Lipinski definition) is 3. The number of nitrogens with zero attached hydrogens (tertiary/aromatic N) is 2. The summed E-state index contributed by atoms with van der Waals surface area (Å²) in [6.07, 6.45) is 3.08. The summed E-state index contributed by atoms with van der Waals surface area (Å²) < 4.78 is 16.6. The summed E-state index contributed by atoms with van der Waals surface area (Å²) in [4.78, 5) is 20.1. The first-order valence-electron chi connectivity index (χ1n) is 7.43. The molecule has 1 atom stereocenters. The van der Waals surface area contributed by atoms with Gasteiger partial charge >= 0.3 is 0 Å². The number of H-pyrrole nitrogens is 1. The van der Waals surface area contributed by atoms with Crippen LogP contribution in [-0.2, 0) is 14.2 Å². The third kappa shape index (κ3) is 3.49. The fourth-order valence-electron chi connectivity index (χ4n) is 2.48. The van der Waals surface area contributed by atoms with Crippen molar-refractivity contribution in [3.63, 3.8) is 0 Å². The Morgan fingerprint density at radius 2 is 2.32 bits per heavy atom. The highest BCUT2D eigenvalue weighted by Crippen LogP contribution is 2.24. The van der Waals surface area contributed by atoms with Gasteiger partial charge < -0.3 is 30.2 Å². The lowest BCUT2D eigenvalue weighted by atomic mass is 10.2. The third-order valence-electron chi connectivity index (χ3n) is 3.58. The minimum atomic E-state index is -0.275. The Morgan fingerprint density at radius 1 is 1.41 bits per heavy atom. The predicted octanol–water partition coefficient (Wildman–Crippen LogP) is 0.0588. The fourth-order valence-corrected chi connectivity index (χ4v) is 2.48. The van der Waals surface area contributed by atoms with Crippen molar-refractivity contribution in [3.05, 3.63) is 10.4 Å². The summed E-state index contributed by atoms with van der Waals surface area (Å²) in [6.45, 7) is 2.46. The highest BCUT2D eigenvalue weighted by molar-refractivity contribution is 5.70. The molecule has 2 aliphatic heterocycles. The SMILES string of the molecule is Nc1nc2c(c(=O)[nH]1)NCN2COCCOC1CCCCO1. The van der Waals surface area contributed by atoms with Gasteiger partial charge in [0.2, 0.25) is 5.95 Å². The Balaban J connectivity index is 1.41. The normalized spacial score (nSPS) is 20.7. The molecule has 3 rings (SSSR count). The van der Waals surface area contributed by atoms with Crippen molar-refractivity contribution in [2.45, 2.75) is 25.6 Å². The molecule has 0 radical (unpaired) electrons. The van der Waals surface area contributed by atoms with E-state index < -0.39 is 0 Å². The topological polar surface area (TPSA) is 115 Å². The van der Waals surface area contributed by atoms with E-state index in [2.05, 4.69) is 15.3 Å².